The molecule has 2 rings (SSSR count). The molecule has 3 nitrogen and oxygen atoms in total. The fourth-order valence-electron chi connectivity index (χ4n) is 1.85. The van der Waals surface area contributed by atoms with Crippen LogP contribution in [0.3, 0.4) is 0 Å². The van der Waals surface area contributed by atoms with Gasteiger partial charge in [0.25, 0.3) is 5.91 Å². The first-order chi connectivity index (χ1) is 9.60. The summed E-state index contributed by atoms with van der Waals surface area (Å²) in [5.74, 6) is 0.654. The Kier molecular flexibility index (Phi) is 4.69. The van der Waals surface area contributed by atoms with Crippen molar-refractivity contribution in [2.75, 3.05) is 11.9 Å². The van der Waals surface area contributed by atoms with Crippen LogP contribution in [0, 0.1) is 6.92 Å². The van der Waals surface area contributed by atoms with E-state index >= 15 is 0 Å². The average Bonchev–Trinajstić information content (AvgIpc) is 2.44. The van der Waals surface area contributed by atoms with Crippen LogP contribution < -0.4 is 10.1 Å². The van der Waals surface area contributed by atoms with E-state index in [4.69, 9.17) is 4.74 Å². The highest BCUT2D eigenvalue weighted by atomic mass is 32.1. The Bertz CT molecular complexity index is 608. The molecular weight excluding hydrogens is 270 g/mol. The van der Waals surface area contributed by atoms with Gasteiger partial charge in [-0.2, -0.15) is 0 Å². The fraction of sp³-hybridized carbons (Fsp3) is 0.188. The summed E-state index contributed by atoms with van der Waals surface area (Å²) < 4.78 is 5.36. The number of hydrogen-bond acceptors (Lipinski definition) is 3. The van der Waals surface area contributed by atoms with Crippen LogP contribution in [0.25, 0.3) is 0 Å². The molecule has 0 heterocycles. The highest BCUT2D eigenvalue weighted by Crippen LogP contribution is 2.18. The van der Waals surface area contributed by atoms with Crippen molar-refractivity contribution in [2.45, 2.75) is 18.7 Å². The third-order valence-electron chi connectivity index (χ3n) is 2.89. The molecule has 4 heteroatoms. The van der Waals surface area contributed by atoms with Gasteiger partial charge in [0.05, 0.1) is 6.61 Å². The molecule has 0 spiro atoms. The zero-order valence-electron chi connectivity index (χ0n) is 11.5. The maximum absolute atomic E-state index is 12.2. The second kappa shape index (κ2) is 6.48. The monoisotopic (exact) mass is 287 g/mol. The summed E-state index contributed by atoms with van der Waals surface area (Å²) >= 11 is 4.26. The van der Waals surface area contributed by atoms with Crippen molar-refractivity contribution in [3.8, 4) is 5.75 Å². The number of anilines is 1. The average molecular weight is 287 g/mol. The smallest absolute Gasteiger partial charge is 0.255 e. The third-order valence-corrected chi connectivity index (χ3v) is 3.17. The molecule has 2 aromatic rings. The highest BCUT2D eigenvalue weighted by Gasteiger charge is 2.09. The van der Waals surface area contributed by atoms with Gasteiger partial charge >= 0.3 is 0 Å². The van der Waals surface area contributed by atoms with Crippen molar-refractivity contribution < 1.29 is 9.53 Å². The number of thiol groups is 1. The Morgan fingerprint density at radius 3 is 2.55 bits per heavy atom. The van der Waals surface area contributed by atoms with Gasteiger partial charge in [-0.05, 0) is 55.8 Å². The quantitative estimate of drug-likeness (QED) is 0.836. The Balaban J connectivity index is 2.13. The SMILES string of the molecule is CCOc1ccc(NC(=O)c2cc(S)ccc2C)cc1. The van der Waals surface area contributed by atoms with Gasteiger partial charge in [-0.1, -0.05) is 6.07 Å². The molecular formula is C16H17NO2S. The minimum Gasteiger partial charge on any atom is -0.494 e. The fourth-order valence-corrected chi connectivity index (χ4v) is 2.06. The van der Waals surface area contributed by atoms with Crippen LogP contribution in [-0.2, 0) is 0 Å². The van der Waals surface area contributed by atoms with Crippen LogP contribution in [0.2, 0.25) is 0 Å². The van der Waals surface area contributed by atoms with Gasteiger partial charge in [-0.15, -0.1) is 12.6 Å². The van der Waals surface area contributed by atoms with Crippen molar-refractivity contribution in [3.05, 3.63) is 53.6 Å². The molecule has 1 N–H and O–H groups in total. The summed E-state index contributed by atoms with van der Waals surface area (Å²) in [6.45, 7) is 4.46. The molecule has 2 aromatic carbocycles. The largest absolute Gasteiger partial charge is 0.494 e. The number of ether oxygens (including phenoxy) is 1. The Labute approximate surface area is 124 Å². The topological polar surface area (TPSA) is 38.3 Å². The van der Waals surface area contributed by atoms with Gasteiger partial charge < -0.3 is 10.1 Å². The van der Waals surface area contributed by atoms with Crippen molar-refractivity contribution in [2.24, 2.45) is 0 Å². The molecule has 0 fully saturated rings. The zero-order valence-corrected chi connectivity index (χ0v) is 12.4. The van der Waals surface area contributed by atoms with Crippen LogP contribution in [0.5, 0.6) is 5.75 Å². The van der Waals surface area contributed by atoms with E-state index in [0.717, 1.165) is 21.9 Å². The summed E-state index contributed by atoms with van der Waals surface area (Å²) in [4.78, 5) is 13.0. The van der Waals surface area contributed by atoms with Crippen LogP contribution in [0.15, 0.2) is 47.4 Å². The maximum atomic E-state index is 12.2. The molecule has 0 saturated carbocycles. The van der Waals surface area contributed by atoms with Gasteiger partial charge in [0.1, 0.15) is 5.75 Å². The number of carbonyl (C=O) groups excluding carboxylic acids is 1. The lowest BCUT2D eigenvalue weighted by molar-refractivity contribution is 0.102. The van der Waals surface area contributed by atoms with E-state index in [0.29, 0.717) is 12.2 Å². The molecule has 20 heavy (non-hydrogen) atoms. The number of carbonyl (C=O) groups is 1. The molecule has 104 valence electrons. The van der Waals surface area contributed by atoms with Gasteiger partial charge in [0.2, 0.25) is 0 Å². The number of hydrogen-bond donors (Lipinski definition) is 2. The molecule has 0 radical (unpaired) electrons. The van der Waals surface area contributed by atoms with Crippen molar-refractivity contribution >= 4 is 24.2 Å². The number of aryl methyl sites for hydroxylation is 1. The summed E-state index contributed by atoms with van der Waals surface area (Å²) in [7, 11) is 0. The van der Waals surface area contributed by atoms with Gasteiger partial charge in [-0.25, -0.2) is 0 Å². The lowest BCUT2D eigenvalue weighted by Crippen LogP contribution is -2.13. The second-order valence-corrected chi connectivity index (χ2v) is 4.93. The second-order valence-electron chi connectivity index (χ2n) is 4.41. The molecule has 0 aliphatic heterocycles. The van der Waals surface area contributed by atoms with Crippen molar-refractivity contribution in [3.63, 3.8) is 0 Å². The minimum atomic E-state index is -0.137. The predicted molar refractivity (Wildman–Crippen MR) is 84.0 cm³/mol. The zero-order chi connectivity index (χ0) is 14.5. The van der Waals surface area contributed by atoms with E-state index in [2.05, 4.69) is 17.9 Å². The lowest BCUT2D eigenvalue weighted by Gasteiger charge is -2.09. The molecule has 0 saturated heterocycles. The van der Waals surface area contributed by atoms with E-state index in [1.165, 1.54) is 0 Å². The molecule has 0 aliphatic rings. The molecule has 1 amide bonds. The number of amides is 1. The minimum absolute atomic E-state index is 0.137. The summed E-state index contributed by atoms with van der Waals surface area (Å²) in [6.07, 6.45) is 0. The Hall–Kier alpha value is -1.94. The van der Waals surface area contributed by atoms with Crippen molar-refractivity contribution in [1.29, 1.82) is 0 Å². The number of nitrogens with one attached hydrogen (secondary N) is 1. The summed E-state index contributed by atoms with van der Waals surface area (Å²) in [5, 5.41) is 2.87. The normalized spacial score (nSPS) is 10.2. The molecule has 0 bridgehead atoms. The lowest BCUT2D eigenvalue weighted by atomic mass is 10.1. The van der Waals surface area contributed by atoms with Crippen LogP contribution in [0.4, 0.5) is 5.69 Å². The Morgan fingerprint density at radius 1 is 1.20 bits per heavy atom. The van der Waals surface area contributed by atoms with Crippen LogP contribution >= 0.6 is 12.6 Å². The van der Waals surface area contributed by atoms with E-state index in [1.54, 1.807) is 6.07 Å². The Morgan fingerprint density at radius 2 is 1.90 bits per heavy atom. The standard InChI is InChI=1S/C16H17NO2S/c1-3-19-13-7-5-12(6-8-13)17-16(18)15-10-14(20)9-4-11(15)2/h4-10,20H,3H2,1-2H3,(H,17,18). The molecule has 0 atom stereocenters. The molecule has 0 unspecified atom stereocenters. The van der Waals surface area contributed by atoms with E-state index < -0.39 is 0 Å². The van der Waals surface area contributed by atoms with Crippen LogP contribution in [0.1, 0.15) is 22.8 Å². The number of rotatable bonds is 4. The van der Waals surface area contributed by atoms with Crippen molar-refractivity contribution in [1.82, 2.24) is 0 Å². The van der Waals surface area contributed by atoms with Gasteiger partial charge in [0, 0.05) is 16.1 Å². The van der Waals surface area contributed by atoms with Crippen LogP contribution in [-0.4, -0.2) is 12.5 Å². The summed E-state index contributed by atoms with van der Waals surface area (Å²) in [5.41, 5.74) is 2.29. The van der Waals surface area contributed by atoms with E-state index in [1.807, 2.05) is 50.2 Å². The number of benzene rings is 2. The van der Waals surface area contributed by atoms with E-state index in [9.17, 15) is 4.79 Å². The first-order valence-corrected chi connectivity index (χ1v) is 6.88. The summed E-state index contributed by atoms with van der Waals surface area (Å²) in [6, 6.07) is 12.8. The molecule has 0 aromatic heterocycles. The van der Waals surface area contributed by atoms with Gasteiger partial charge in [-0.3, -0.25) is 4.79 Å². The van der Waals surface area contributed by atoms with E-state index in [-0.39, 0.29) is 5.91 Å². The predicted octanol–water partition coefficient (Wildman–Crippen LogP) is 3.93. The molecule has 0 aliphatic carbocycles. The first kappa shape index (κ1) is 14.5. The van der Waals surface area contributed by atoms with Gasteiger partial charge in [0.15, 0.2) is 0 Å². The highest BCUT2D eigenvalue weighted by molar-refractivity contribution is 7.80. The maximum Gasteiger partial charge on any atom is 0.255 e. The first-order valence-electron chi connectivity index (χ1n) is 6.44. The third kappa shape index (κ3) is 3.54.